The van der Waals surface area contributed by atoms with Crippen LogP contribution in [-0.4, -0.2) is 68.3 Å². The molecule has 4 heterocycles. The number of aromatic nitrogens is 4. The van der Waals surface area contributed by atoms with Crippen molar-refractivity contribution in [3.8, 4) is 11.3 Å². The fraction of sp³-hybridized carbons (Fsp3) is 0.444. The number of carbonyl (C=O) groups excluding carboxylic acids is 2. The van der Waals surface area contributed by atoms with Gasteiger partial charge in [0, 0.05) is 56.2 Å². The van der Waals surface area contributed by atoms with Crippen LogP contribution < -0.4 is 10.6 Å². The summed E-state index contributed by atoms with van der Waals surface area (Å²) in [7, 11) is 1.88. The maximum absolute atomic E-state index is 13.2. The average molecular weight is 538 g/mol. The van der Waals surface area contributed by atoms with E-state index >= 15 is 0 Å². The zero-order valence-electron chi connectivity index (χ0n) is 21.8. The lowest BCUT2D eigenvalue weighted by Gasteiger charge is -2.23. The van der Waals surface area contributed by atoms with Gasteiger partial charge in [0.25, 0.3) is 5.91 Å². The van der Waals surface area contributed by atoms with E-state index in [2.05, 4.69) is 25.7 Å². The van der Waals surface area contributed by atoms with Gasteiger partial charge in [-0.3, -0.25) is 14.3 Å². The second-order valence-corrected chi connectivity index (χ2v) is 10.4. The van der Waals surface area contributed by atoms with Gasteiger partial charge >= 0.3 is 0 Å². The number of aryl methyl sites for hydroxylation is 2. The van der Waals surface area contributed by atoms with Crippen LogP contribution in [0.5, 0.6) is 0 Å². The van der Waals surface area contributed by atoms with Crippen LogP contribution in [0.15, 0.2) is 30.6 Å². The Kier molecular flexibility index (Phi) is 7.62. The summed E-state index contributed by atoms with van der Waals surface area (Å²) >= 11 is 6.45. The normalized spacial score (nSPS) is 16.4. The molecule has 200 valence electrons. The molecule has 11 heteroatoms. The fourth-order valence-electron chi connectivity index (χ4n) is 5.02. The summed E-state index contributed by atoms with van der Waals surface area (Å²) in [4.78, 5) is 36.5. The molecule has 2 aromatic heterocycles. The van der Waals surface area contributed by atoms with Gasteiger partial charge in [0.15, 0.2) is 0 Å². The molecule has 0 spiro atoms. The van der Waals surface area contributed by atoms with Crippen LogP contribution in [0.25, 0.3) is 11.3 Å². The Balaban J connectivity index is 1.24. The molecule has 1 aromatic carbocycles. The Morgan fingerprint density at radius 2 is 2.08 bits per heavy atom. The number of ether oxygens (including phenoxy) is 1. The number of nitrogens with zero attached hydrogens (tertiary/aromatic N) is 5. The first-order valence-corrected chi connectivity index (χ1v) is 13.2. The molecular formula is C27H32ClN7O3. The van der Waals surface area contributed by atoms with Gasteiger partial charge in [0.2, 0.25) is 11.9 Å². The Bertz CT molecular complexity index is 1350. The molecular weight excluding hydrogens is 506 g/mol. The molecule has 2 amide bonds. The number of halogens is 1. The summed E-state index contributed by atoms with van der Waals surface area (Å²) in [5.41, 5.74) is 4.75. The number of anilines is 1. The standard InChI is InChI=1S/C27H32ClN7O3/c1-16(10-20-13-34(3)33-17(20)2)30-24(36)15-35-14-19-5-4-18(11-22(19)26(35)37)25-23(28)12-29-27(32-25)31-21-6-8-38-9-7-21/h4-5,11-13,16,21H,6-10,14-15H2,1-3H3,(H,30,36)(H,29,31,32). The van der Waals surface area contributed by atoms with E-state index in [0.29, 0.717) is 48.4 Å². The monoisotopic (exact) mass is 537 g/mol. The zero-order chi connectivity index (χ0) is 26.8. The summed E-state index contributed by atoms with van der Waals surface area (Å²) in [5.74, 6) is 0.124. The summed E-state index contributed by atoms with van der Waals surface area (Å²) in [5, 5.41) is 11.1. The van der Waals surface area contributed by atoms with E-state index < -0.39 is 0 Å². The van der Waals surface area contributed by atoms with Crippen LogP contribution in [0.3, 0.4) is 0 Å². The van der Waals surface area contributed by atoms with Crippen molar-refractivity contribution < 1.29 is 14.3 Å². The van der Waals surface area contributed by atoms with Gasteiger partial charge in [-0.15, -0.1) is 0 Å². The molecule has 0 aliphatic carbocycles. The minimum Gasteiger partial charge on any atom is -0.381 e. The molecule has 2 aliphatic heterocycles. The third kappa shape index (κ3) is 5.81. The number of rotatable bonds is 8. The van der Waals surface area contributed by atoms with Gasteiger partial charge in [-0.2, -0.15) is 5.10 Å². The number of benzene rings is 1. The number of hydrogen-bond acceptors (Lipinski definition) is 7. The predicted molar refractivity (Wildman–Crippen MR) is 144 cm³/mol. The molecule has 5 rings (SSSR count). The van der Waals surface area contributed by atoms with Crippen molar-refractivity contribution >= 4 is 29.4 Å². The maximum atomic E-state index is 13.2. The van der Waals surface area contributed by atoms with Crippen molar-refractivity contribution in [3.63, 3.8) is 0 Å². The van der Waals surface area contributed by atoms with Crippen molar-refractivity contribution in [2.24, 2.45) is 7.05 Å². The molecule has 3 aromatic rings. The fourth-order valence-corrected chi connectivity index (χ4v) is 5.22. The van der Waals surface area contributed by atoms with Crippen LogP contribution >= 0.6 is 11.6 Å². The summed E-state index contributed by atoms with van der Waals surface area (Å²) < 4.78 is 7.19. The van der Waals surface area contributed by atoms with Gasteiger partial charge < -0.3 is 20.3 Å². The van der Waals surface area contributed by atoms with Crippen molar-refractivity contribution in [2.45, 2.75) is 51.7 Å². The largest absolute Gasteiger partial charge is 0.381 e. The van der Waals surface area contributed by atoms with Crippen LogP contribution in [0.2, 0.25) is 5.02 Å². The van der Waals surface area contributed by atoms with Crippen LogP contribution in [0.4, 0.5) is 5.95 Å². The van der Waals surface area contributed by atoms with E-state index in [0.717, 1.165) is 35.2 Å². The van der Waals surface area contributed by atoms with Crippen LogP contribution in [0, 0.1) is 6.92 Å². The molecule has 0 saturated carbocycles. The molecule has 2 N–H and O–H groups in total. The van der Waals surface area contributed by atoms with Crippen LogP contribution in [-0.2, 0) is 29.5 Å². The molecule has 2 aliphatic rings. The number of hydrogen-bond donors (Lipinski definition) is 2. The number of carbonyl (C=O) groups is 2. The Morgan fingerprint density at radius 3 is 2.82 bits per heavy atom. The quantitative estimate of drug-likeness (QED) is 0.453. The minimum absolute atomic E-state index is 0.00730. The van der Waals surface area contributed by atoms with Crippen molar-refractivity contribution in [1.29, 1.82) is 0 Å². The van der Waals surface area contributed by atoms with Crippen molar-refractivity contribution in [3.05, 3.63) is 58.0 Å². The average Bonchev–Trinajstić information content (AvgIpc) is 3.37. The lowest BCUT2D eigenvalue weighted by Crippen LogP contribution is -2.42. The van der Waals surface area contributed by atoms with E-state index in [1.165, 1.54) is 0 Å². The highest BCUT2D eigenvalue weighted by atomic mass is 35.5. The topological polar surface area (TPSA) is 114 Å². The smallest absolute Gasteiger partial charge is 0.254 e. The highest BCUT2D eigenvalue weighted by molar-refractivity contribution is 6.33. The molecule has 1 atom stereocenters. The van der Waals surface area contributed by atoms with Gasteiger partial charge in [-0.05, 0) is 50.3 Å². The predicted octanol–water partition coefficient (Wildman–Crippen LogP) is 3.13. The van der Waals surface area contributed by atoms with Crippen molar-refractivity contribution in [1.82, 2.24) is 30.0 Å². The van der Waals surface area contributed by atoms with E-state index in [9.17, 15) is 9.59 Å². The second kappa shape index (κ2) is 11.1. The molecule has 38 heavy (non-hydrogen) atoms. The van der Waals surface area contributed by atoms with E-state index in [4.69, 9.17) is 16.3 Å². The SMILES string of the molecule is Cc1nn(C)cc1CC(C)NC(=O)CN1Cc2ccc(-c3nc(NC4CCOCC4)ncc3Cl)cc2C1=O. The zero-order valence-corrected chi connectivity index (χ0v) is 22.6. The highest BCUT2D eigenvalue weighted by Gasteiger charge is 2.30. The highest BCUT2D eigenvalue weighted by Crippen LogP contribution is 2.31. The Labute approximate surface area is 226 Å². The molecule has 1 unspecified atom stereocenters. The maximum Gasteiger partial charge on any atom is 0.254 e. The lowest BCUT2D eigenvalue weighted by molar-refractivity contribution is -0.122. The first-order chi connectivity index (χ1) is 18.3. The molecule has 1 saturated heterocycles. The summed E-state index contributed by atoms with van der Waals surface area (Å²) in [6.07, 6.45) is 5.99. The van der Waals surface area contributed by atoms with Gasteiger partial charge in [-0.25, -0.2) is 9.97 Å². The summed E-state index contributed by atoms with van der Waals surface area (Å²) in [6, 6.07) is 5.77. The van der Waals surface area contributed by atoms with E-state index in [-0.39, 0.29) is 30.4 Å². The third-order valence-electron chi connectivity index (χ3n) is 6.94. The molecule has 0 bridgehead atoms. The number of nitrogens with one attached hydrogen (secondary N) is 2. The molecule has 1 fully saturated rings. The Hall–Kier alpha value is -3.50. The van der Waals surface area contributed by atoms with Crippen LogP contribution in [0.1, 0.15) is 46.9 Å². The number of fused-ring (bicyclic) bond motifs is 1. The minimum atomic E-state index is -0.192. The van der Waals surface area contributed by atoms with E-state index in [1.54, 1.807) is 21.8 Å². The van der Waals surface area contributed by atoms with Crippen molar-refractivity contribution in [2.75, 3.05) is 25.1 Å². The number of amides is 2. The first kappa shape index (κ1) is 26.1. The third-order valence-corrected chi connectivity index (χ3v) is 7.22. The van der Waals surface area contributed by atoms with Gasteiger partial charge in [-0.1, -0.05) is 23.7 Å². The molecule has 10 nitrogen and oxygen atoms in total. The van der Waals surface area contributed by atoms with E-state index in [1.807, 2.05) is 39.2 Å². The first-order valence-electron chi connectivity index (χ1n) is 12.8. The Morgan fingerprint density at radius 1 is 1.29 bits per heavy atom. The molecule has 0 radical (unpaired) electrons. The lowest BCUT2D eigenvalue weighted by atomic mass is 10.0. The second-order valence-electron chi connectivity index (χ2n) is 10.0. The van der Waals surface area contributed by atoms with Gasteiger partial charge in [0.1, 0.15) is 6.54 Å². The summed E-state index contributed by atoms with van der Waals surface area (Å²) in [6.45, 7) is 5.70. The van der Waals surface area contributed by atoms with Gasteiger partial charge in [0.05, 0.1) is 22.6 Å².